The van der Waals surface area contributed by atoms with Crippen LogP contribution < -0.4 is 14.5 Å². The van der Waals surface area contributed by atoms with Crippen molar-refractivity contribution in [2.45, 2.75) is 19.1 Å². The van der Waals surface area contributed by atoms with Crippen molar-refractivity contribution in [2.24, 2.45) is 7.05 Å². The van der Waals surface area contributed by atoms with Crippen molar-refractivity contribution in [2.75, 3.05) is 49.8 Å². The van der Waals surface area contributed by atoms with E-state index in [-0.39, 0.29) is 18.0 Å². The van der Waals surface area contributed by atoms with Gasteiger partial charge in [0.05, 0.1) is 43.5 Å². The molecule has 0 saturated carbocycles. The molecule has 0 unspecified atom stereocenters. The minimum Gasteiger partial charge on any atom is -0.497 e. The lowest BCUT2D eigenvalue weighted by Gasteiger charge is -2.33. The van der Waals surface area contributed by atoms with Crippen LogP contribution in [0.5, 0.6) is 5.75 Å². The summed E-state index contributed by atoms with van der Waals surface area (Å²) in [5.74, 6) is 0.329. The molecule has 5 heterocycles. The molecule has 0 atom stereocenters. The first kappa shape index (κ1) is 28.8. The molecule has 1 amide bonds. The van der Waals surface area contributed by atoms with Crippen LogP contribution in [0.15, 0.2) is 61.4 Å². The van der Waals surface area contributed by atoms with Crippen molar-refractivity contribution in [3.8, 4) is 16.9 Å². The van der Waals surface area contributed by atoms with E-state index in [1.165, 1.54) is 13.2 Å². The summed E-state index contributed by atoms with van der Waals surface area (Å²) in [6, 6.07) is 9.12. The van der Waals surface area contributed by atoms with E-state index in [4.69, 9.17) is 14.5 Å². The van der Waals surface area contributed by atoms with Crippen LogP contribution in [-0.4, -0.2) is 70.2 Å². The standard InChI is InChI=1S/C32H30F3N7O3/c1-39-18-26(30(38-39)32(33,34)35)23-13-20(17-40-8-6-36-19-40)14-24-22(23)4-7-42(31(24)43)27-3-5-37-29-25(27)15-21(44-2)16-28(29)41-9-11-45-12-10-41/h3,5-6,8,13-16,18-19H,4,7,9-12,17H2,1-2H3. The number of nitrogens with zero attached hydrogens (tertiary/aromatic N) is 7. The van der Waals surface area contributed by atoms with Crippen molar-refractivity contribution >= 4 is 28.2 Å². The lowest BCUT2D eigenvalue weighted by molar-refractivity contribution is -0.140. The zero-order valence-electron chi connectivity index (χ0n) is 24.7. The van der Waals surface area contributed by atoms with Gasteiger partial charge >= 0.3 is 6.18 Å². The van der Waals surface area contributed by atoms with Gasteiger partial charge in [-0.3, -0.25) is 14.5 Å². The Morgan fingerprint density at radius 1 is 1.00 bits per heavy atom. The summed E-state index contributed by atoms with van der Waals surface area (Å²) in [6.45, 7) is 3.17. The number of carbonyl (C=O) groups is 1. The van der Waals surface area contributed by atoms with Crippen molar-refractivity contribution in [1.82, 2.24) is 24.3 Å². The van der Waals surface area contributed by atoms with Crippen LogP contribution in [0.2, 0.25) is 0 Å². The van der Waals surface area contributed by atoms with E-state index in [9.17, 15) is 18.0 Å². The zero-order chi connectivity index (χ0) is 31.3. The SMILES string of the molecule is COc1cc(N2CCOCC2)c2nccc(N3CCc4c(cc(Cn5ccnc5)cc4-c4cn(C)nc4C(F)(F)F)C3=O)c2c1. The topological polar surface area (TPSA) is 90.5 Å². The number of benzene rings is 2. The van der Waals surface area contributed by atoms with Gasteiger partial charge in [-0.1, -0.05) is 0 Å². The molecule has 10 nitrogen and oxygen atoms in total. The van der Waals surface area contributed by atoms with Crippen LogP contribution in [0.1, 0.15) is 27.2 Å². The van der Waals surface area contributed by atoms with E-state index in [1.807, 2.05) is 12.1 Å². The molecule has 0 aliphatic carbocycles. The van der Waals surface area contributed by atoms with Crippen molar-refractivity contribution in [1.29, 1.82) is 0 Å². The summed E-state index contributed by atoms with van der Waals surface area (Å²) >= 11 is 0. The number of hydrogen-bond donors (Lipinski definition) is 0. The van der Waals surface area contributed by atoms with Gasteiger partial charge in [0.2, 0.25) is 0 Å². The number of carbonyl (C=O) groups excluding carboxylic acids is 1. The number of imidazole rings is 1. The number of aryl methyl sites for hydroxylation is 1. The van der Waals surface area contributed by atoms with E-state index in [1.54, 1.807) is 59.7 Å². The quantitative estimate of drug-likeness (QED) is 0.267. The monoisotopic (exact) mass is 617 g/mol. The Balaban J connectivity index is 1.37. The average molecular weight is 618 g/mol. The maximum atomic E-state index is 14.4. The highest BCUT2D eigenvalue weighted by Gasteiger charge is 2.39. The fourth-order valence-electron chi connectivity index (χ4n) is 6.30. The van der Waals surface area contributed by atoms with Crippen LogP contribution >= 0.6 is 0 Å². The molecule has 2 aliphatic heterocycles. The number of aromatic nitrogens is 5. The summed E-state index contributed by atoms with van der Waals surface area (Å²) in [5, 5.41) is 4.49. The molecule has 13 heteroatoms. The Labute approximate surface area is 256 Å². The molecule has 2 aliphatic rings. The summed E-state index contributed by atoms with van der Waals surface area (Å²) in [4.78, 5) is 27.1. The number of methoxy groups -OCH3 is 1. The highest BCUT2D eigenvalue weighted by Crippen LogP contribution is 2.42. The lowest BCUT2D eigenvalue weighted by atomic mass is 9.88. The van der Waals surface area contributed by atoms with Gasteiger partial charge in [-0.25, -0.2) is 4.98 Å². The summed E-state index contributed by atoms with van der Waals surface area (Å²) in [6.07, 6.45) is 3.75. The van der Waals surface area contributed by atoms with Gasteiger partial charge in [-0.2, -0.15) is 18.3 Å². The first-order chi connectivity index (χ1) is 21.7. The number of pyridine rings is 1. The largest absolute Gasteiger partial charge is 0.497 e. The second kappa shape index (κ2) is 11.2. The Morgan fingerprint density at radius 2 is 1.80 bits per heavy atom. The number of fused-ring (bicyclic) bond motifs is 2. The third-order valence-corrected chi connectivity index (χ3v) is 8.34. The second-order valence-electron chi connectivity index (χ2n) is 11.1. The highest BCUT2D eigenvalue weighted by atomic mass is 19.4. The first-order valence-corrected chi connectivity index (χ1v) is 14.6. The van der Waals surface area contributed by atoms with Gasteiger partial charge in [0.25, 0.3) is 5.91 Å². The fourth-order valence-corrected chi connectivity index (χ4v) is 6.30. The van der Waals surface area contributed by atoms with Crippen LogP contribution in [0.4, 0.5) is 24.5 Å². The molecule has 3 aromatic heterocycles. The lowest BCUT2D eigenvalue weighted by Crippen LogP contribution is -2.38. The smallest absolute Gasteiger partial charge is 0.435 e. The number of morpholine rings is 1. The van der Waals surface area contributed by atoms with Gasteiger partial charge in [0, 0.05) is 80.6 Å². The van der Waals surface area contributed by atoms with Crippen molar-refractivity contribution < 1.29 is 27.4 Å². The normalized spacial score (nSPS) is 15.5. The predicted octanol–water partition coefficient (Wildman–Crippen LogP) is 4.95. The maximum absolute atomic E-state index is 14.4. The zero-order valence-corrected chi connectivity index (χ0v) is 24.7. The number of amides is 1. The molecule has 0 bridgehead atoms. The van der Waals surface area contributed by atoms with Crippen molar-refractivity contribution in [3.05, 3.63) is 83.8 Å². The average Bonchev–Trinajstić information content (AvgIpc) is 3.70. The van der Waals surface area contributed by atoms with Gasteiger partial charge in [-0.15, -0.1) is 0 Å². The molecule has 0 radical (unpaired) electrons. The van der Waals surface area contributed by atoms with Gasteiger partial charge in [0.15, 0.2) is 5.69 Å². The number of alkyl halides is 3. The van der Waals surface area contributed by atoms with Gasteiger partial charge in [0.1, 0.15) is 5.75 Å². The summed E-state index contributed by atoms with van der Waals surface area (Å²) in [7, 11) is 3.06. The molecule has 7 rings (SSSR count). The van der Waals surface area contributed by atoms with Crippen LogP contribution in [0.3, 0.4) is 0 Å². The van der Waals surface area contributed by atoms with E-state index < -0.39 is 11.9 Å². The maximum Gasteiger partial charge on any atom is 0.435 e. The van der Waals surface area contributed by atoms with Crippen molar-refractivity contribution in [3.63, 3.8) is 0 Å². The summed E-state index contributed by atoms with van der Waals surface area (Å²) in [5.41, 5.74) is 3.18. The number of rotatable bonds is 6. The molecular weight excluding hydrogens is 587 g/mol. The second-order valence-corrected chi connectivity index (χ2v) is 11.1. The Bertz CT molecular complexity index is 1900. The van der Waals surface area contributed by atoms with Gasteiger partial charge < -0.3 is 23.8 Å². The fraction of sp³-hybridized carbons (Fsp3) is 0.312. The highest BCUT2D eigenvalue weighted by molar-refractivity contribution is 6.14. The summed E-state index contributed by atoms with van der Waals surface area (Å²) < 4.78 is 56.6. The van der Waals surface area contributed by atoms with Crippen LogP contribution in [0.25, 0.3) is 22.0 Å². The molecule has 1 saturated heterocycles. The van der Waals surface area contributed by atoms with Crippen LogP contribution in [-0.2, 0) is 30.9 Å². The Kier molecular flexibility index (Phi) is 7.19. The molecule has 0 spiro atoms. The molecular formula is C32H30F3N7O3. The minimum absolute atomic E-state index is 0.0516. The molecule has 5 aromatic rings. The number of anilines is 2. The van der Waals surface area contributed by atoms with E-state index >= 15 is 0 Å². The van der Waals surface area contributed by atoms with E-state index in [0.717, 1.165) is 21.3 Å². The predicted molar refractivity (Wildman–Crippen MR) is 162 cm³/mol. The molecule has 0 N–H and O–H groups in total. The Morgan fingerprint density at radius 3 is 2.53 bits per heavy atom. The number of ether oxygens (including phenoxy) is 2. The van der Waals surface area contributed by atoms with E-state index in [2.05, 4.69) is 15.0 Å². The number of halogens is 3. The third-order valence-electron chi connectivity index (χ3n) is 8.34. The molecule has 232 valence electrons. The number of hydrogen-bond acceptors (Lipinski definition) is 7. The molecule has 2 aromatic carbocycles. The van der Waals surface area contributed by atoms with Gasteiger partial charge in [-0.05, 0) is 47.4 Å². The van der Waals surface area contributed by atoms with Crippen LogP contribution in [0, 0.1) is 0 Å². The Hall–Kier alpha value is -4.91. The third kappa shape index (κ3) is 5.26. The molecule has 45 heavy (non-hydrogen) atoms. The molecule has 1 fully saturated rings. The minimum atomic E-state index is -4.66. The van der Waals surface area contributed by atoms with E-state index in [0.29, 0.717) is 73.0 Å². The first-order valence-electron chi connectivity index (χ1n) is 14.6.